The van der Waals surface area contributed by atoms with Gasteiger partial charge in [0.05, 0.1) is 5.69 Å². The van der Waals surface area contributed by atoms with Gasteiger partial charge in [0.25, 0.3) is 0 Å². The molecule has 0 radical (unpaired) electrons. The molecule has 0 saturated heterocycles. The van der Waals surface area contributed by atoms with Crippen molar-refractivity contribution in [3.8, 4) is 22.3 Å². The summed E-state index contributed by atoms with van der Waals surface area (Å²) in [6.07, 6.45) is 0. The van der Waals surface area contributed by atoms with Gasteiger partial charge in [-0.05, 0) is 88.1 Å². The number of thiophene rings is 1. The van der Waals surface area contributed by atoms with Crippen LogP contribution in [0.3, 0.4) is 0 Å². The predicted octanol–water partition coefficient (Wildman–Crippen LogP) is 13.9. The molecule has 0 unspecified atom stereocenters. The largest absolute Gasteiger partial charge is 0.456 e. The number of benzene rings is 8. The maximum Gasteiger partial charge on any atom is 0.135 e. The summed E-state index contributed by atoms with van der Waals surface area (Å²) in [5.74, 6) is 0. The van der Waals surface area contributed by atoms with Gasteiger partial charge < -0.3 is 9.32 Å². The van der Waals surface area contributed by atoms with Gasteiger partial charge in [0.2, 0.25) is 0 Å². The first-order valence-corrected chi connectivity index (χ1v) is 17.4. The van der Waals surface area contributed by atoms with Crippen LogP contribution in [0, 0.1) is 0 Å². The van der Waals surface area contributed by atoms with E-state index >= 15 is 0 Å². The van der Waals surface area contributed by atoms with Gasteiger partial charge >= 0.3 is 0 Å². The maximum atomic E-state index is 6.26. The first-order valence-electron chi connectivity index (χ1n) is 16.6. The van der Waals surface area contributed by atoms with Crippen molar-refractivity contribution in [2.75, 3.05) is 4.90 Å². The van der Waals surface area contributed by atoms with E-state index in [0.29, 0.717) is 0 Å². The molecule has 0 fully saturated rings. The van der Waals surface area contributed by atoms with E-state index in [2.05, 4.69) is 169 Å². The Morgan fingerprint density at radius 2 is 1.00 bits per heavy atom. The van der Waals surface area contributed by atoms with E-state index in [9.17, 15) is 0 Å². The Kier molecular flexibility index (Phi) is 6.39. The molecule has 0 N–H and O–H groups in total. The number of fused-ring (bicyclic) bond motifs is 7. The van der Waals surface area contributed by atoms with Crippen LogP contribution in [0.15, 0.2) is 180 Å². The number of rotatable bonds is 5. The van der Waals surface area contributed by atoms with Crippen LogP contribution in [-0.4, -0.2) is 0 Å². The van der Waals surface area contributed by atoms with Crippen LogP contribution in [0.4, 0.5) is 17.1 Å². The van der Waals surface area contributed by atoms with E-state index in [1.165, 1.54) is 47.6 Å². The molecule has 8 aromatic carbocycles. The molecule has 0 aliphatic rings. The van der Waals surface area contributed by atoms with Crippen LogP contribution >= 0.6 is 11.3 Å². The number of anilines is 3. The highest BCUT2D eigenvalue weighted by atomic mass is 32.1. The number of para-hydroxylation sites is 2. The van der Waals surface area contributed by atoms with Crippen molar-refractivity contribution < 1.29 is 4.42 Å². The van der Waals surface area contributed by atoms with Gasteiger partial charge in [-0.25, -0.2) is 0 Å². The fourth-order valence-corrected chi connectivity index (χ4v) is 8.46. The maximum absolute atomic E-state index is 6.26. The van der Waals surface area contributed by atoms with Crippen LogP contribution in [-0.2, 0) is 0 Å². The molecule has 0 bridgehead atoms. The Hall–Kier alpha value is -6.16. The van der Waals surface area contributed by atoms with Crippen LogP contribution in [0.1, 0.15) is 0 Å². The highest BCUT2D eigenvalue weighted by Crippen LogP contribution is 2.45. The van der Waals surface area contributed by atoms with Crippen LogP contribution in [0.2, 0.25) is 0 Å². The van der Waals surface area contributed by atoms with E-state index in [1.807, 2.05) is 23.5 Å². The average Bonchev–Trinajstić information content (AvgIpc) is 3.73. The molecule has 10 aromatic rings. The summed E-state index contributed by atoms with van der Waals surface area (Å²) in [4.78, 5) is 2.41. The molecule has 10 rings (SSSR count). The summed E-state index contributed by atoms with van der Waals surface area (Å²) in [5, 5.41) is 7.29. The third-order valence-electron chi connectivity index (χ3n) is 9.66. The summed E-state index contributed by atoms with van der Waals surface area (Å²) in [6, 6.07) is 63.4. The SMILES string of the molecule is c1cc(-c2ccccc2N(c2ccc3oc4ccccc4c3c2)c2ccc3sc4ccccc4c3c2)cc(-c2cccc3ccccc23)c1. The molecule has 2 heterocycles. The van der Waals surface area contributed by atoms with Gasteiger partial charge in [-0.2, -0.15) is 0 Å². The minimum Gasteiger partial charge on any atom is -0.456 e. The summed E-state index contributed by atoms with van der Waals surface area (Å²) < 4.78 is 8.85. The van der Waals surface area contributed by atoms with Gasteiger partial charge in [-0.3, -0.25) is 0 Å². The fraction of sp³-hybridized carbons (Fsp3) is 0. The number of furan rings is 1. The van der Waals surface area contributed by atoms with E-state index < -0.39 is 0 Å². The van der Waals surface area contributed by atoms with Crippen molar-refractivity contribution >= 4 is 81.3 Å². The topological polar surface area (TPSA) is 16.4 Å². The number of hydrogen-bond acceptors (Lipinski definition) is 3. The van der Waals surface area contributed by atoms with Gasteiger partial charge in [-0.1, -0.05) is 115 Å². The van der Waals surface area contributed by atoms with Gasteiger partial charge in [0.1, 0.15) is 11.2 Å². The lowest BCUT2D eigenvalue weighted by Crippen LogP contribution is -2.11. The van der Waals surface area contributed by atoms with Crippen molar-refractivity contribution in [1.82, 2.24) is 0 Å². The molecule has 0 aliphatic heterocycles. The van der Waals surface area contributed by atoms with E-state index in [-0.39, 0.29) is 0 Å². The first kappa shape index (κ1) is 27.9. The third kappa shape index (κ3) is 4.62. The highest BCUT2D eigenvalue weighted by molar-refractivity contribution is 7.25. The molecule has 2 nitrogen and oxygen atoms in total. The summed E-state index contributed by atoms with van der Waals surface area (Å²) in [5.41, 5.74) is 9.87. The zero-order valence-corrected chi connectivity index (χ0v) is 27.3. The van der Waals surface area contributed by atoms with Crippen LogP contribution in [0.5, 0.6) is 0 Å². The number of hydrogen-bond donors (Lipinski definition) is 0. The lowest BCUT2D eigenvalue weighted by Gasteiger charge is -2.28. The fourth-order valence-electron chi connectivity index (χ4n) is 7.38. The lowest BCUT2D eigenvalue weighted by molar-refractivity contribution is 0.669. The van der Waals surface area contributed by atoms with Gasteiger partial charge in [0.15, 0.2) is 0 Å². The molecule has 49 heavy (non-hydrogen) atoms. The summed E-state index contributed by atoms with van der Waals surface area (Å²) in [6.45, 7) is 0. The first-order chi connectivity index (χ1) is 24.3. The molecule has 2 aromatic heterocycles. The van der Waals surface area contributed by atoms with Crippen LogP contribution < -0.4 is 4.90 Å². The molecule has 0 spiro atoms. The molecule has 0 aliphatic carbocycles. The smallest absolute Gasteiger partial charge is 0.135 e. The molecular formula is C46H29NOS. The van der Waals surface area contributed by atoms with E-state index in [0.717, 1.165) is 44.6 Å². The quantitative estimate of drug-likeness (QED) is 0.186. The second kappa shape index (κ2) is 11.2. The zero-order chi connectivity index (χ0) is 32.3. The normalized spacial score (nSPS) is 11.7. The monoisotopic (exact) mass is 643 g/mol. The van der Waals surface area contributed by atoms with E-state index in [1.54, 1.807) is 0 Å². The zero-order valence-electron chi connectivity index (χ0n) is 26.5. The summed E-state index contributed by atoms with van der Waals surface area (Å²) in [7, 11) is 0. The summed E-state index contributed by atoms with van der Waals surface area (Å²) >= 11 is 1.85. The van der Waals surface area contributed by atoms with Crippen molar-refractivity contribution in [1.29, 1.82) is 0 Å². The van der Waals surface area contributed by atoms with Gasteiger partial charge in [-0.15, -0.1) is 11.3 Å². The molecule has 230 valence electrons. The molecule has 0 atom stereocenters. The Morgan fingerprint density at radius 1 is 0.388 bits per heavy atom. The van der Waals surface area contributed by atoms with Crippen molar-refractivity contribution in [2.45, 2.75) is 0 Å². The molecular weight excluding hydrogens is 615 g/mol. The average molecular weight is 644 g/mol. The highest BCUT2D eigenvalue weighted by Gasteiger charge is 2.20. The minimum absolute atomic E-state index is 0.889. The second-order valence-electron chi connectivity index (χ2n) is 12.5. The number of nitrogens with zero attached hydrogens (tertiary/aromatic N) is 1. The van der Waals surface area contributed by atoms with Crippen LogP contribution in [0.25, 0.3) is 75.1 Å². The Balaban J connectivity index is 1.20. The molecule has 0 amide bonds. The van der Waals surface area contributed by atoms with Crippen molar-refractivity contribution in [3.63, 3.8) is 0 Å². The third-order valence-corrected chi connectivity index (χ3v) is 10.8. The predicted molar refractivity (Wildman–Crippen MR) is 210 cm³/mol. The van der Waals surface area contributed by atoms with Crippen molar-refractivity contribution in [2.24, 2.45) is 0 Å². The minimum atomic E-state index is 0.889. The Bertz CT molecular complexity index is 2740. The van der Waals surface area contributed by atoms with E-state index in [4.69, 9.17) is 4.42 Å². The Morgan fingerprint density at radius 3 is 1.92 bits per heavy atom. The standard InChI is InChI=1S/C46H29NOS/c1-2-15-35-30(11-1)12-10-19-36(35)31-13-9-14-32(27-31)37-16-3-6-20-42(37)47(33-23-25-44-40(28-33)38-17-4-7-21-43(38)48-44)34-24-26-46-41(29-34)39-18-5-8-22-45(39)49-46/h1-29H. The van der Waals surface area contributed by atoms with Crippen molar-refractivity contribution in [3.05, 3.63) is 176 Å². The van der Waals surface area contributed by atoms with Gasteiger partial charge in [0, 0.05) is 47.9 Å². The lowest BCUT2D eigenvalue weighted by atomic mass is 9.94. The molecule has 0 saturated carbocycles. The molecule has 3 heteroatoms. The Labute approximate surface area is 287 Å². The second-order valence-corrected chi connectivity index (χ2v) is 13.6.